The third-order valence-corrected chi connectivity index (χ3v) is 5.07. The van der Waals surface area contributed by atoms with Crippen LogP contribution in [0.15, 0.2) is 42.5 Å². The zero-order valence-corrected chi connectivity index (χ0v) is 15.7. The topological polar surface area (TPSA) is 68.7 Å². The maximum absolute atomic E-state index is 13.1. The lowest BCUT2D eigenvalue weighted by Crippen LogP contribution is -1.99. The summed E-state index contributed by atoms with van der Waals surface area (Å²) in [5, 5.41) is 9.94. The van der Waals surface area contributed by atoms with E-state index in [4.69, 9.17) is 9.47 Å². The van der Waals surface area contributed by atoms with Crippen LogP contribution >= 0.6 is 11.3 Å². The Bertz CT molecular complexity index is 953. The van der Waals surface area contributed by atoms with Gasteiger partial charge in [-0.25, -0.2) is 14.2 Å². The number of para-hydroxylation sites is 1. The zero-order valence-electron chi connectivity index (χ0n) is 14.9. The van der Waals surface area contributed by atoms with E-state index in [0.29, 0.717) is 34.2 Å². The first-order valence-corrected chi connectivity index (χ1v) is 9.12. The van der Waals surface area contributed by atoms with Gasteiger partial charge in [-0.3, -0.25) is 0 Å². The molecule has 0 unspecified atom stereocenters. The lowest BCUT2D eigenvalue weighted by molar-refractivity contribution is 0.0701. The second-order valence-electron chi connectivity index (χ2n) is 5.71. The Morgan fingerprint density at radius 1 is 1.22 bits per heavy atom. The second-order valence-corrected chi connectivity index (χ2v) is 6.70. The number of ether oxygens (including phenoxy) is 2. The van der Waals surface area contributed by atoms with E-state index in [1.54, 1.807) is 24.3 Å². The predicted molar refractivity (Wildman–Crippen MR) is 101 cm³/mol. The Hall–Kier alpha value is -2.93. The van der Waals surface area contributed by atoms with Gasteiger partial charge in [0.2, 0.25) is 0 Å². The van der Waals surface area contributed by atoms with E-state index in [1.165, 1.54) is 19.2 Å². The van der Waals surface area contributed by atoms with E-state index < -0.39 is 5.97 Å². The molecule has 1 N–H and O–H groups in total. The van der Waals surface area contributed by atoms with Gasteiger partial charge >= 0.3 is 5.97 Å². The summed E-state index contributed by atoms with van der Waals surface area (Å²) in [6.45, 7) is 2.08. The molecule has 0 aliphatic heterocycles. The molecule has 3 rings (SSSR count). The normalized spacial score (nSPS) is 10.6. The highest BCUT2D eigenvalue weighted by Crippen LogP contribution is 2.41. The van der Waals surface area contributed by atoms with Crippen molar-refractivity contribution in [1.29, 1.82) is 0 Å². The Morgan fingerprint density at radius 3 is 2.56 bits per heavy atom. The molecule has 0 aliphatic rings. The van der Waals surface area contributed by atoms with E-state index in [0.717, 1.165) is 16.9 Å². The van der Waals surface area contributed by atoms with Crippen LogP contribution in [0, 0.1) is 5.82 Å². The molecule has 3 aromatic rings. The first kappa shape index (κ1) is 18.8. The van der Waals surface area contributed by atoms with Crippen molar-refractivity contribution in [2.45, 2.75) is 20.0 Å². The molecule has 0 spiro atoms. The summed E-state index contributed by atoms with van der Waals surface area (Å²) < 4.78 is 24.4. The van der Waals surface area contributed by atoms with E-state index in [1.807, 2.05) is 13.0 Å². The highest BCUT2D eigenvalue weighted by atomic mass is 32.1. The molecule has 2 aromatic carbocycles. The summed E-state index contributed by atoms with van der Waals surface area (Å²) in [6, 6.07) is 11.4. The number of aryl methyl sites for hydroxylation is 1. The van der Waals surface area contributed by atoms with Gasteiger partial charge in [-0.15, -0.1) is 11.3 Å². The number of halogens is 1. The van der Waals surface area contributed by atoms with Crippen molar-refractivity contribution < 1.29 is 23.8 Å². The van der Waals surface area contributed by atoms with Crippen molar-refractivity contribution >= 4 is 17.3 Å². The monoisotopic (exact) mass is 387 g/mol. The number of hydrogen-bond donors (Lipinski definition) is 1. The quantitative estimate of drug-likeness (QED) is 0.631. The van der Waals surface area contributed by atoms with Crippen molar-refractivity contribution in [3.05, 3.63) is 64.4 Å². The summed E-state index contributed by atoms with van der Waals surface area (Å²) >= 11 is 1.11. The van der Waals surface area contributed by atoms with Crippen LogP contribution in [-0.4, -0.2) is 23.2 Å². The van der Waals surface area contributed by atoms with Gasteiger partial charge in [0, 0.05) is 0 Å². The minimum atomic E-state index is -0.993. The molecule has 0 saturated heterocycles. The largest absolute Gasteiger partial charge is 0.493 e. The predicted octanol–water partition coefficient (Wildman–Crippen LogP) is 4.80. The Morgan fingerprint density at radius 2 is 1.96 bits per heavy atom. The number of carboxylic acid groups (broad SMARTS) is 1. The third kappa shape index (κ3) is 4.09. The van der Waals surface area contributed by atoms with Crippen LogP contribution in [0.1, 0.15) is 27.9 Å². The van der Waals surface area contributed by atoms with E-state index in [-0.39, 0.29) is 17.3 Å². The molecule has 0 radical (unpaired) electrons. The number of aromatic nitrogens is 1. The number of aromatic carboxylic acids is 1. The van der Waals surface area contributed by atoms with Crippen LogP contribution in [0.2, 0.25) is 0 Å². The van der Waals surface area contributed by atoms with Gasteiger partial charge in [-0.05, 0) is 36.2 Å². The van der Waals surface area contributed by atoms with Gasteiger partial charge in [0.05, 0.1) is 18.4 Å². The number of methoxy groups -OCH3 is 1. The van der Waals surface area contributed by atoms with Gasteiger partial charge < -0.3 is 14.6 Å². The second kappa shape index (κ2) is 8.18. The van der Waals surface area contributed by atoms with Crippen molar-refractivity contribution in [3.63, 3.8) is 0 Å². The summed E-state index contributed by atoms with van der Waals surface area (Å²) in [5.74, 6) is -0.322. The number of benzene rings is 2. The highest BCUT2D eigenvalue weighted by molar-refractivity contribution is 7.17. The lowest BCUT2D eigenvalue weighted by Gasteiger charge is -2.14. The fourth-order valence-electron chi connectivity index (χ4n) is 2.60. The summed E-state index contributed by atoms with van der Waals surface area (Å²) in [5.41, 5.74) is 1.99. The van der Waals surface area contributed by atoms with Gasteiger partial charge in [-0.2, -0.15) is 0 Å². The molecule has 0 amide bonds. The van der Waals surface area contributed by atoms with Crippen LogP contribution < -0.4 is 9.47 Å². The molecule has 5 nitrogen and oxygen atoms in total. The fourth-order valence-corrected chi connectivity index (χ4v) is 3.62. The van der Waals surface area contributed by atoms with Gasteiger partial charge in [-0.1, -0.05) is 25.1 Å². The number of rotatable bonds is 7. The molecule has 1 aromatic heterocycles. The van der Waals surface area contributed by atoms with E-state index in [9.17, 15) is 14.3 Å². The smallest absolute Gasteiger partial charge is 0.347 e. The maximum Gasteiger partial charge on any atom is 0.347 e. The average Bonchev–Trinajstić information content (AvgIpc) is 3.12. The number of carboxylic acids is 1. The van der Waals surface area contributed by atoms with Gasteiger partial charge in [0.15, 0.2) is 11.5 Å². The zero-order chi connectivity index (χ0) is 19.4. The summed E-state index contributed by atoms with van der Waals surface area (Å²) in [7, 11) is 1.53. The minimum absolute atomic E-state index is 0.214. The molecule has 0 fully saturated rings. The van der Waals surface area contributed by atoms with Crippen molar-refractivity contribution in [1.82, 2.24) is 4.98 Å². The first-order chi connectivity index (χ1) is 13.0. The Labute approximate surface area is 160 Å². The molecule has 0 bridgehead atoms. The van der Waals surface area contributed by atoms with Crippen molar-refractivity contribution in [2.75, 3.05) is 7.11 Å². The Balaban J connectivity index is 1.98. The first-order valence-electron chi connectivity index (χ1n) is 8.31. The maximum atomic E-state index is 13.1. The number of hydrogen-bond acceptors (Lipinski definition) is 5. The average molecular weight is 387 g/mol. The minimum Gasteiger partial charge on any atom is -0.493 e. The Kier molecular flexibility index (Phi) is 5.71. The number of thiazole rings is 1. The van der Waals surface area contributed by atoms with Crippen LogP contribution in [-0.2, 0) is 13.0 Å². The van der Waals surface area contributed by atoms with Crippen LogP contribution in [0.25, 0.3) is 10.6 Å². The summed E-state index contributed by atoms with van der Waals surface area (Å²) in [4.78, 5) is 16.2. The van der Waals surface area contributed by atoms with Crippen molar-refractivity contribution in [3.8, 4) is 22.1 Å². The molecule has 1 heterocycles. The molecular formula is C20H18FNO4S. The fraction of sp³-hybridized carbons (Fsp3) is 0.200. The molecule has 7 heteroatoms. The molecule has 0 aliphatic carbocycles. The van der Waals surface area contributed by atoms with Gasteiger partial charge in [0.1, 0.15) is 22.3 Å². The highest BCUT2D eigenvalue weighted by Gasteiger charge is 2.21. The lowest BCUT2D eigenvalue weighted by atomic mass is 10.2. The summed E-state index contributed by atoms with van der Waals surface area (Å²) in [6.07, 6.45) is 0.522. The molecule has 0 saturated carbocycles. The van der Waals surface area contributed by atoms with Crippen LogP contribution in [0.5, 0.6) is 11.5 Å². The standard InChI is InChI=1S/C20H18FNO4S/c1-3-15-18(20(23)24)27-19(22-15)14-5-4-6-16(25-2)17(14)26-11-12-7-9-13(21)10-8-12/h4-10H,3,11H2,1-2H3,(H,23,24). The van der Waals surface area contributed by atoms with Crippen LogP contribution in [0.4, 0.5) is 4.39 Å². The van der Waals surface area contributed by atoms with E-state index in [2.05, 4.69) is 4.98 Å². The molecule has 0 atom stereocenters. The molecule has 27 heavy (non-hydrogen) atoms. The van der Waals surface area contributed by atoms with E-state index >= 15 is 0 Å². The molecular weight excluding hydrogens is 369 g/mol. The third-order valence-electron chi connectivity index (χ3n) is 3.95. The number of nitrogens with zero attached hydrogens (tertiary/aromatic N) is 1. The van der Waals surface area contributed by atoms with Crippen LogP contribution in [0.3, 0.4) is 0 Å². The SMILES string of the molecule is CCc1nc(-c2cccc(OC)c2OCc2ccc(F)cc2)sc1C(=O)O. The van der Waals surface area contributed by atoms with Gasteiger partial charge in [0.25, 0.3) is 0 Å². The number of carbonyl (C=O) groups is 1. The molecule has 140 valence electrons. The van der Waals surface area contributed by atoms with Crippen molar-refractivity contribution in [2.24, 2.45) is 0 Å².